The Morgan fingerprint density at radius 1 is 0.500 bits per heavy atom. The third-order valence-corrected chi connectivity index (χ3v) is 14.8. The summed E-state index contributed by atoms with van der Waals surface area (Å²) in [5.41, 5.74) is 0. The average Bonchev–Trinajstić information content (AvgIpc) is 3.60. The predicted molar refractivity (Wildman–Crippen MR) is 342 cm³/mol. The monoisotopic (exact) mass is 1150 g/mol. The molecule has 0 bridgehead atoms. The minimum Gasteiger partial charge on any atom is -0.454 e. The molecule has 11 nitrogen and oxygen atoms in total. The molecule has 468 valence electrons. The SMILES string of the molecule is CC\C=C/C=C/C=C/C=C\C=C\C=C\CCCCCC(=O)OC1C(OCC(NC(=O)C(O)CCCCCCCCCCCCC/C=C\C/C=C\C/C=C\CCCCC)C(O)/C=C/CCCCCCCCCCCC)OC(CO)C(O)C1O. The second kappa shape index (κ2) is 57.5. The van der Waals surface area contributed by atoms with Crippen LogP contribution in [0.15, 0.2) is 122 Å². The van der Waals surface area contributed by atoms with Gasteiger partial charge in [-0.05, 0) is 83.5 Å². The van der Waals surface area contributed by atoms with Crippen LogP contribution in [-0.2, 0) is 23.8 Å². The van der Waals surface area contributed by atoms with E-state index in [0.717, 1.165) is 89.9 Å². The highest BCUT2D eigenvalue weighted by atomic mass is 16.7. The van der Waals surface area contributed by atoms with E-state index in [-0.39, 0.29) is 19.4 Å². The number of hydrogen-bond donors (Lipinski definition) is 6. The lowest BCUT2D eigenvalue weighted by Gasteiger charge is -2.41. The first-order chi connectivity index (χ1) is 40.2. The van der Waals surface area contributed by atoms with Gasteiger partial charge in [0, 0.05) is 6.42 Å². The Bertz CT molecular complexity index is 1800. The molecule has 8 atom stereocenters. The van der Waals surface area contributed by atoms with E-state index in [1.165, 1.54) is 116 Å². The molecule has 8 unspecified atom stereocenters. The molecule has 1 heterocycles. The van der Waals surface area contributed by atoms with E-state index in [9.17, 15) is 35.1 Å². The van der Waals surface area contributed by atoms with Crippen LogP contribution in [0.2, 0.25) is 0 Å². The molecular weight excluding hydrogens is 1030 g/mol. The Hall–Kier alpha value is -3.94. The summed E-state index contributed by atoms with van der Waals surface area (Å²) < 4.78 is 17.6. The molecule has 82 heavy (non-hydrogen) atoms. The predicted octanol–water partition coefficient (Wildman–Crippen LogP) is 16.2. The van der Waals surface area contributed by atoms with Gasteiger partial charge in [-0.1, -0.05) is 284 Å². The highest BCUT2D eigenvalue weighted by Gasteiger charge is 2.47. The smallest absolute Gasteiger partial charge is 0.306 e. The molecule has 0 aliphatic carbocycles. The lowest BCUT2D eigenvalue weighted by Crippen LogP contribution is -2.61. The van der Waals surface area contributed by atoms with Crippen LogP contribution in [0.3, 0.4) is 0 Å². The van der Waals surface area contributed by atoms with E-state index in [0.29, 0.717) is 12.8 Å². The van der Waals surface area contributed by atoms with Crippen molar-refractivity contribution in [3.8, 4) is 0 Å². The summed E-state index contributed by atoms with van der Waals surface area (Å²) >= 11 is 0. The number of aliphatic hydroxyl groups is 5. The van der Waals surface area contributed by atoms with Crippen LogP contribution >= 0.6 is 0 Å². The van der Waals surface area contributed by atoms with Gasteiger partial charge in [-0.2, -0.15) is 0 Å². The summed E-state index contributed by atoms with van der Waals surface area (Å²) in [5.74, 6) is -1.25. The standard InChI is InChI=1S/C71H119NO10/c1-4-7-10-13-16-19-22-25-27-29-30-31-32-33-34-35-37-38-40-43-46-49-52-55-58-64(75)70(79)72-62(63(74)57-54-51-48-45-42-24-21-18-15-12-9-6-3)61-80-71-69(68(78)67(77)65(60-73)81-71)82-66(76)59-56-53-50-47-44-41-39-36-28-26-23-20-17-14-11-8-5-2/h8,11,14,16-17,19-20,23,25-28,30-31,36,39,41,44,54,57,62-65,67-69,71,73-75,77-78H,4-7,9-10,12-13,15,18,21-22,24,29,32-35,37-38,40,42-43,45-53,55-56,58-61H2,1-3H3,(H,72,79)/b11-8-,17-14+,19-16-,23-20+,27-25-,28-26-,31-30-,39-36+,44-41+,57-54+. The summed E-state index contributed by atoms with van der Waals surface area (Å²) in [6.45, 7) is 5.59. The fourth-order valence-electron chi connectivity index (χ4n) is 9.57. The summed E-state index contributed by atoms with van der Waals surface area (Å²) in [6, 6.07) is -1.04. The Balaban J connectivity index is 2.65. The van der Waals surface area contributed by atoms with Gasteiger partial charge in [-0.25, -0.2) is 0 Å². The van der Waals surface area contributed by atoms with E-state index >= 15 is 0 Å². The third-order valence-electron chi connectivity index (χ3n) is 14.8. The molecule has 0 spiro atoms. The Kier molecular flexibility index (Phi) is 53.3. The molecule has 0 aromatic heterocycles. The number of allylic oxidation sites excluding steroid dienone is 19. The van der Waals surface area contributed by atoms with Gasteiger partial charge < -0.3 is 45.1 Å². The molecule has 1 aliphatic rings. The van der Waals surface area contributed by atoms with Crippen LogP contribution in [0.4, 0.5) is 0 Å². The summed E-state index contributed by atoms with van der Waals surface area (Å²) in [4.78, 5) is 26.6. The topological polar surface area (TPSA) is 175 Å². The number of amides is 1. The molecule has 6 N–H and O–H groups in total. The first kappa shape index (κ1) is 76.1. The second-order valence-electron chi connectivity index (χ2n) is 22.3. The Labute approximate surface area is 500 Å². The molecule has 0 aromatic carbocycles. The van der Waals surface area contributed by atoms with Crippen molar-refractivity contribution in [1.29, 1.82) is 0 Å². The quantitative estimate of drug-likeness (QED) is 0.0149. The van der Waals surface area contributed by atoms with Crippen LogP contribution in [0.1, 0.15) is 252 Å². The number of carbonyl (C=O) groups is 2. The molecule has 0 saturated carbocycles. The van der Waals surface area contributed by atoms with Crippen molar-refractivity contribution < 1.29 is 49.3 Å². The van der Waals surface area contributed by atoms with Gasteiger partial charge in [0.05, 0.1) is 25.4 Å². The Morgan fingerprint density at radius 2 is 0.927 bits per heavy atom. The molecular formula is C71H119NO10. The van der Waals surface area contributed by atoms with Gasteiger partial charge in [0.25, 0.3) is 0 Å². The number of hydrogen-bond acceptors (Lipinski definition) is 10. The van der Waals surface area contributed by atoms with Crippen molar-refractivity contribution in [2.45, 2.75) is 301 Å². The molecule has 1 amide bonds. The largest absolute Gasteiger partial charge is 0.454 e. The summed E-state index contributed by atoms with van der Waals surface area (Å²) in [7, 11) is 0. The third kappa shape index (κ3) is 44.6. The molecule has 11 heteroatoms. The van der Waals surface area contributed by atoms with Crippen molar-refractivity contribution >= 4 is 11.9 Å². The Morgan fingerprint density at radius 3 is 1.45 bits per heavy atom. The maximum absolute atomic E-state index is 13.5. The maximum atomic E-state index is 13.5. The zero-order valence-corrected chi connectivity index (χ0v) is 51.8. The number of esters is 1. The minimum absolute atomic E-state index is 0.0659. The summed E-state index contributed by atoms with van der Waals surface area (Å²) in [5, 5.41) is 57.1. The second-order valence-corrected chi connectivity index (χ2v) is 22.3. The van der Waals surface area contributed by atoms with Gasteiger partial charge in [-0.3, -0.25) is 9.59 Å². The maximum Gasteiger partial charge on any atom is 0.306 e. The van der Waals surface area contributed by atoms with Gasteiger partial charge in [-0.15, -0.1) is 0 Å². The lowest BCUT2D eigenvalue weighted by atomic mass is 9.99. The van der Waals surface area contributed by atoms with E-state index < -0.39 is 67.4 Å². The fraction of sp³-hybridized carbons (Fsp3) is 0.690. The number of ether oxygens (including phenoxy) is 3. The van der Waals surface area contributed by atoms with E-state index in [1.54, 1.807) is 6.08 Å². The van der Waals surface area contributed by atoms with Gasteiger partial charge in [0.1, 0.15) is 24.4 Å². The lowest BCUT2D eigenvalue weighted by molar-refractivity contribution is -0.305. The van der Waals surface area contributed by atoms with E-state index in [4.69, 9.17) is 14.2 Å². The van der Waals surface area contributed by atoms with E-state index in [2.05, 4.69) is 74.7 Å². The minimum atomic E-state index is -1.64. The summed E-state index contributed by atoms with van der Waals surface area (Å²) in [6.07, 6.45) is 69.5. The highest BCUT2D eigenvalue weighted by molar-refractivity contribution is 5.80. The average molecular weight is 1150 g/mol. The van der Waals surface area contributed by atoms with Gasteiger partial charge in [0.15, 0.2) is 12.4 Å². The molecule has 1 saturated heterocycles. The zero-order valence-electron chi connectivity index (χ0n) is 51.8. The molecule has 0 radical (unpaired) electrons. The van der Waals surface area contributed by atoms with Crippen molar-refractivity contribution in [1.82, 2.24) is 5.32 Å². The van der Waals surface area contributed by atoms with Crippen LogP contribution in [0, 0.1) is 0 Å². The van der Waals surface area contributed by atoms with Crippen LogP contribution in [0.5, 0.6) is 0 Å². The normalized spacial score (nSPS) is 19.4. The van der Waals surface area contributed by atoms with Crippen molar-refractivity contribution in [3.63, 3.8) is 0 Å². The van der Waals surface area contributed by atoms with E-state index in [1.807, 2.05) is 66.8 Å². The number of unbranched alkanes of at least 4 members (excludes halogenated alkanes) is 27. The van der Waals surface area contributed by atoms with Crippen molar-refractivity contribution in [2.24, 2.45) is 0 Å². The van der Waals surface area contributed by atoms with Crippen LogP contribution in [0.25, 0.3) is 0 Å². The molecule has 1 rings (SSSR count). The van der Waals surface area contributed by atoms with Gasteiger partial charge >= 0.3 is 5.97 Å². The van der Waals surface area contributed by atoms with Crippen molar-refractivity contribution in [3.05, 3.63) is 122 Å². The molecule has 0 aromatic rings. The highest BCUT2D eigenvalue weighted by Crippen LogP contribution is 2.26. The fourth-order valence-corrected chi connectivity index (χ4v) is 9.57. The number of nitrogens with one attached hydrogen (secondary N) is 1. The number of carbonyl (C=O) groups excluding carboxylic acids is 2. The number of rotatable bonds is 54. The first-order valence-corrected chi connectivity index (χ1v) is 32.9. The van der Waals surface area contributed by atoms with Crippen molar-refractivity contribution in [2.75, 3.05) is 13.2 Å². The van der Waals surface area contributed by atoms with Gasteiger partial charge in [0.2, 0.25) is 5.91 Å². The van der Waals surface area contributed by atoms with Crippen LogP contribution < -0.4 is 5.32 Å². The van der Waals surface area contributed by atoms with Crippen LogP contribution in [-0.4, -0.2) is 99.6 Å². The molecule has 1 aliphatic heterocycles. The molecule has 1 fully saturated rings. The zero-order chi connectivity index (χ0) is 59.6. The number of aliphatic hydroxyl groups excluding tert-OH is 5. The first-order valence-electron chi connectivity index (χ1n) is 32.9.